The lowest BCUT2D eigenvalue weighted by molar-refractivity contribution is -0.140. The van der Waals surface area contributed by atoms with E-state index in [4.69, 9.17) is 0 Å². The molecule has 1 aliphatic heterocycles. The van der Waals surface area contributed by atoms with Crippen LogP contribution in [0.2, 0.25) is 0 Å². The molecule has 3 heterocycles. The number of urea groups is 1. The number of carbonyl (C=O) groups is 1. The molecule has 0 saturated heterocycles. The summed E-state index contributed by atoms with van der Waals surface area (Å²) in [6.45, 7) is 2.19. The van der Waals surface area contributed by atoms with E-state index in [1.165, 1.54) is 11.0 Å². The van der Waals surface area contributed by atoms with Crippen molar-refractivity contribution in [3.8, 4) is 0 Å². The average Bonchev–Trinajstić information content (AvgIpc) is 3.04. The van der Waals surface area contributed by atoms with Crippen molar-refractivity contribution in [2.75, 3.05) is 6.54 Å². The summed E-state index contributed by atoms with van der Waals surface area (Å²) in [6, 6.07) is 0.302. The minimum absolute atomic E-state index is 0.177. The zero-order valence-electron chi connectivity index (χ0n) is 13.1. The van der Waals surface area contributed by atoms with Gasteiger partial charge in [0.05, 0.1) is 11.7 Å². The van der Waals surface area contributed by atoms with Gasteiger partial charge in [-0.3, -0.25) is 4.79 Å². The summed E-state index contributed by atoms with van der Waals surface area (Å²) < 4.78 is 37.8. The number of aromatic nitrogens is 3. The van der Waals surface area contributed by atoms with Crippen LogP contribution in [0.15, 0.2) is 16.2 Å². The van der Waals surface area contributed by atoms with E-state index >= 15 is 0 Å². The minimum Gasteiger partial charge on any atom is -0.329 e. The molecule has 3 rings (SSSR count). The highest BCUT2D eigenvalue weighted by atomic mass is 32.1. The van der Waals surface area contributed by atoms with E-state index in [0.717, 1.165) is 22.4 Å². The fourth-order valence-electron chi connectivity index (χ4n) is 2.48. The summed E-state index contributed by atoms with van der Waals surface area (Å²) in [5.41, 5.74) is 0.0699. The van der Waals surface area contributed by atoms with E-state index in [2.05, 4.69) is 20.5 Å². The summed E-state index contributed by atoms with van der Waals surface area (Å²) in [7, 11) is 0. The number of nitrogens with zero attached hydrogens (tertiary/aromatic N) is 3. The standard InChI is InChI=1S/C14H14F3N5O2S/c1-7(12-19-10(6-25-12)14(15,16)17)18-13(24)22-3-2-9-8(5-22)4-11(23)21-20-9/h4,6-7H,2-3,5H2,1H3,(H,18,24)(H,21,23). The number of nitrogens with one attached hydrogen (secondary N) is 2. The van der Waals surface area contributed by atoms with Gasteiger partial charge in [0.2, 0.25) is 0 Å². The molecule has 0 spiro atoms. The lowest BCUT2D eigenvalue weighted by Crippen LogP contribution is -2.44. The first-order valence-corrected chi connectivity index (χ1v) is 8.27. The van der Waals surface area contributed by atoms with Crippen LogP contribution in [-0.4, -0.2) is 32.7 Å². The maximum absolute atomic E-state index is 12.6. The van der Waals surface area contributed by atoms with Crippen molar-refractivity contribution in [3.05, 3.63) is 43.8 Å². The summed E-state index contributed by atoms with van der Waals surface area (Å²) in [6.07, 6.45) is -4.02. The van der Waals surface area contributed by atoms with Gasteiger partial charge in [-0.1, -0.05) is 0 Å². The second-order valence-corrected chi connectivity index (χ2v) is 6.51. The molecule has 1 atom stereocenters. The van der Waals surface area contributed by atoms with E-state index < -0.39 is 23.9 Å². The van der Waals surface area contributed by atoms with Crippen LogP contribution in [-0.2, 0) is 19.1 Å². The molecule has 7 nitrogen and oxygen atoms in total. The smallest absolute Gasteiger partial charge is 0.329 e. The predicted molar refractivity (Wildman–Crippen MR) is 83.0 cm³/mol. The second-order valence-electron chi connectivity index (χ2n) is 5.62. The number of halogens is 3. The van der Waals surface area contributed by atoms with Gasteiger partial charge in [-0.05, 0) is 6.92 Å². The molecule has 0 radical (unpaired) electrons. The Labute approximate surface area is 143 Å². The zero-order valence-corrected chi connectivity index (χ0v) is 13.9. The first-order chi connectivity index (χ1) is 11.7. The number of amides is 2. The Balaban J connectivity index is 1.66. The van der Waals surface area contributed by atoms with Crippen molar-refractivity contribution < 1.29 is 18.0 Å². The van der Waals surface area contributed by atoms with E-state index in [1.54, 1.807) is 6.92 Å². The minimum atomic E-state index is -4.50. The van der Waals surface area contributed by atoms with E-state index in [-0.39, 0.29) is 17.1 Å². The van der Waals surface area contributed by atoms with Crippen LogP contribution in [0.3, 0.4) is 0 Å². The molecule has 25 heavy (non-hydrogen) atoms. The molecule has 134 valence electrons. The molecular weight excluding hydrogens is 359 g/mol. The highest BCUT2D eigenvalue weighted by Crippen LogP contribution is 2.31. The number of alkyl halides is 3. The maximum atomic E-state index is 12.6. The number of rotatable bonds is 2. The number of H-pyrrole nitrogens is 1. The molecule has 1 unspecified atom stereocenters. The van der Waals surface area contributed by atoms with E-state index in [0.29, 0.717) is 18.5 Å². The van der Waals surface area contributed by atoms with Gasteiger partial charge >= 0.3 is 12.2 Å². The number of fused-ring (bicyclic) bond motifs is 1. The summed E-state index contributed by atoms with van der Waals surface area (Å²) in [4.78, 5) is 28.7. The van der Waals surface area contributed by atoms with Crippen molar-refractivity contribution in [3.63, 3.8) is 0 Å². The molecule has 0 aromatic carbocycles. The number of hydrogen-bond donors (Lipinski definition) is 2. The van der Waals surface area contributed by atoms with Crippen molar-refractivity contribution in [1.82, 2.24) is 25.4 Å². The average molecular weight is 373 g/mol. The normalized spacial score (nSPS) is 15.6. The first kappa shape index (κ1) is 17.4. The van der Waals surface area contributed by atoms with Gasteiger partial charge < -0.3 is 10.2 Å². The van der Waals surface area contributed by atoms with Crippen molar-refractivity contribution in [2.24, 2.45) is 0 Å². The lowest BCUT2D eigenvalue weighted by Gasteiger charge is -2.28. The van der Waals surface area contributed by atoms with Gasteiger partial charge in [-0.2, -0.15) is 18.3 Å². The molecule has 0 fully saturated rings. The van der Waals surface area contributed by atoms with Crippen LogP contribution >= 0.6 is 11.3 Å². The molecule has 1 aliphatic rings. The van der Waals surface area contributed by atoms with Gasteiger partial charge in [-0.25, -0.2) is 14.9 Å². The van der Waals surface area contributed by atoms with Crippen LogP contribution in [0.1, 0.15) is 34.9 Å². The topological polar surface area (TPSA) is 91.0 Å². The van der Waals surface area contributed by atoms with E-state index in [9.17, 15) is 22.8 Å². The molecular formula is C14H14F3N5O2S. The van der Waals surface area contributed by atoms with Gasteiger partial charge in [0.25, 0.3) is 5.56 Å². The number of carbonyl (C=O) groups excluding carboxylic acids is 1. The molecule has 0 aliphatic carbocycles. The Morgan fingerprint density at radius 1 is 1.48 bits per heavy atom. The highest BCUT2D eigenvalue weighted by molar-refractivity contribution is 7.09. The first-order valence-electron chi connectivity index (χ1n) is 7.39. The Hall–Kier alpha value is -2.43. The maximum Gasteiger partial charge on any atom is 0.434 e. The van der Waals surface area contributed by atoms with Crippen molar-refractivity contribution in [1.29, 1.82) is 0 Å². The number of aromatic amines is 1. The Morgan fingerprint density at radius 3 is 2.92 bits per heavy atom. The van der Waals surface area contributed by atoms with Crippen LogP contribution in [0.5, 0.6) is 0 Å². The second kappa shape index (κ2) is 6.47. The summed E-state index contributed by atoms with van der Waals surface area (Å²) in [5.74, 6) is 0. The van der Waals surface area contributed by atoms with Gasteiger partial charge in [-0.15, -0.1) is 11.3 Å². The fourth-order valence-corrected chi connectivity index (χ4v) is 3.31. The third kappa shape index (κ3) is 3.81. The summed E-state index contributed by atoms with van der Waals surface area (Å²) >= 11 is 0.844. The molecule has 2 N–H and O–H groups in total. The van der Waals surface area contributed by atoms with Gasteiger partial charge in [0, 0.05) is 36.5 Å². The van der Waals surface area contributed by atoms with Crippen LogP contribution < -0.4 is 10.9 Å². The quantitative estimate of drug-likeness (QED) is 0.843. The molecule has 0 bridgehead atoms. The third-order valence-corrected chi connectivity index (χ3v) is 4.79. The van der Waals surface area contributed by atoms with Crippen molar-refractivity contribution >= 4 is 17.4 Å². The Morgan fingerprint density at radius 2 is 2.24 bits per heavy atom. The zero-order chi connectivity index (χ0) is 18.2. The van der Waals surface area contributed by atoms with E-state index in [1.807, 2.05) is 0 Å². The van der Waals surface area contributed by atoms with Crippen molar-refractivity contribution in [2.45, 2.75) is 32.1 Å². The Kier molecular flexibility index (Phi) is 4.50. The summed E-state index contributed by atoms with van der Waals surface area (Å²) in [5, 5.41) is 10.0. The molecule has 2 aromatic rings. The number of thiazole rings is 1. The van der Waals surface area contributed by atoms with Gasteiger partial charge in [0.15, 0.2) is 5.69 Å². The molecule has 2 amide bonds. The molecule has 11 heteroatoms. The highest BCUT2D eigenvalue weighted by Gasteiger charge is 2.34. The molecule has 2 aromatic heterocycles. The largest absolute Gasteiger partial charge is 0.434 e. The monoisotopic (exact) mass is 373 g/mol. The number of hydrogen-bond acceptors (Lipinski definition) is 5. The predicted octanol–water partition coefficient (Wildman–Crippen LogP) is 2.07. The lowest BCUT2D eigenvalue weighted by atomic mass is 10.1. The third-order valence-electron chi connectivity index (χ3n) is 3.77. The SMILES string of the molecule is CC(NC(=O)N1CCc2n[nH]c(=O)cc2C1)c1nc(C(F)(F)F)cs1. The van der Waals surface area contributed by atoms with Gasteiger partial charge in [0.1, 0.15) is 5.01 Å². The van der Waals surface area contributed by atoms with Crippen LogP contribution in [0, 0.1) is 0 Å². The van der Waals surface area contributed by atoms with Crippen LogP contribution in [0.4, 0.5) is 18.0 Å². The fraction of sp³-hybridized carbons (Fsp3) is 0.429. The van der Waals surface area contributed by atoms with Crippen LogP contribution in [0.25, 0.3) is 0 Å². The Bertz CT molecular complexity index is 847. The molecule has 0 saturated carbocycles.